The van der Waals surface area contributed by atoms with Crippen LogP contribution in [0.25, 0.3) is 66.4 Å². The van der Waals surface area contributed by atoms with Gasteiger partial charge in [0, 0.05) is 16.3 Å². The number of para-hydroxylation sites is 1. The Morgan fingerprint density at radius 3 is 1.79 bits per heavy atom. The first-order valence-corrected chi connectivity index (χ1v) is 13.0. The summed E-state index contributed by atoms with van der Waals surface area (Å²) in [4.78, 5) is 0. The molecule has 0 bridgehead atoms. The summed E-state index contributed by atoms with van der Waals surface area (Å²) in [6.45, 7) is 2.16. The molecule has 0 spiro atoms. The van der Waals surface area contributed by atoms with E-state index in [0.29, 0.717) is 0 Å². The van der Waals surface area contributed by atoms with Gasteiger partial charge in [-0.2, -0.15) is 0 Å². The van der Waals surface area contributed by atoms with Gasteiger partial charge >= 0.3 is 0 Å². The predicted octanol–water partition coefficient (Wildman–Crippen LogP) is 10.6. The van der Waals surface area contributed by atoms with E-state index in [0.717, 1.165) is 27.5 Å². The van der Waals surface area contributed by atoms with Gasteiger partial charge in [-0.3, -0.25) is 0 Å². The molecule has 1 aromatic heterocycles. The average molecular weight is 487 g/mol. The summed E-state index contributed by atoms with van der Waals surface area (Å²) in [7, 11) is 0. The summed E-state index contributed by atoms with van der Waals surface area (Å²) in [6.07, 6.45) is 0. The third-order valence-electron chi connectivity index (χ3n) is 7.43. The maximum absolute atomic E-state index is 6.42. The topological polar surface area (TPSA) is 13.1 Å². The molecule has 180 valence electrons. The Hall–Kier alpha value is -4.88. The Labute approximate surface area is 222 Å². The second-order valence-electron chi connectivity index (χ2n) is 9.84. The van der Waals surface area contributed by atoms with Crippen molar-refractivity contribution in [2.45, 2.75) is 6.92 Å². The summed E-state index contributed by atoms with van der Waals surface area (Å²) < 4.78 is 6.42. The maximum Gasteiger partial charge on any atom is 0.143 e. The van der Waals surface area contributed by atoms with Crippen LogP contribution in [0.3, 0.4) is 0 Å². The highest BCUT2D eigenvalue weighted by Gasteiger charge is 2.16. The Balaban J connectivity index is 1.37. The van der Waals surface area contributed by atoms with Gasteiger partial charge in [0.1, 0.15) is 11.2 Å². The second kappa shape index (κ2) is 9.21. The van der Waals surface area contributed by atoms with Gasteiger partial charge < -0.3 is 4.42 Å². The fourth-order valence-corrected chi connectivity index (χ4v) is 5.43. The lowest BCUT2D eigenvalue weighted by Crippen LogP contribution is -1.87. The molecule has 0 saturated heterocycles. The van der Waals surface area contributed by atoms with Crippen molar-refractivity contribution >= 4 is 21.9 Å². The van der Waals surface area contributed by atoms with Gasteiger partial charge in [0.05, 0.1) is 0 Å². The fourth-order valence-electron chi connectivity index (χ4n) is 5.43. The van der Waals surface area contributed by atoms with E-state index >= 15 is 0 Å². The molecule has 7 aromatic rings. The molecule has 0 fully saturated rings. The smallest absolute Gasteiger partial charge is 0.143 e. The molecule has 7 rings (SSSR count). The summed E-state index contributed by atoms with van der Waals surface area (Å²) in [5.41, 5.74) is 12.7. The molecule has 6 aromatic carbocycles. The maximum atomic E-state index is 6.42. The van der Waals surface area contributed by atoms with Gasteiger partial charge in [0.25, 0.3) is 0 Å². The Bertz CT molecular complexity index is 1910. The van der Waals surface area contributed by atoms with Crippen LogP contribution >= 0.6 is 0 Å². The van der Waals surface area contributed by atoms with Crippen molar-refractivity contribution in [3.05, 3.63) is 145 Å². The molecule has 38 heavy (non-hydrogen) atoms. The quantitative estimate of drug-likeness (QED) is 0.241. The SMILES string of the molecule is Cc1ccccc1-c1cc(-c2cccc(-c3ccc(-c4ccccc4)cc3)c2)cc2c1oc1ccccc12. The van der Waals surface area contributed by atoms with Crippen molar-refractivity contribution in [3.8, 4) is 44.5 Å². The van der Waals surface area contributed by atoms with E-state index in [4.69, 9.17) is 4.42 Å². The zero-order valence-corrected chi connectivity index (χ0v) is 21.2. The van der Waals surface area contributed by atoms with Crippen LogP contribution in [0.1, 0.15) is 5.56 Å². The highest BCUT2D eigenvalue weighted by molar-refractivity contribution is 6.11. The molecule has 0 aliphatic heterocycles. The van der Waals surface area contributed by atoms with Gasteiger partial charge in [-0.15, -0.1) is 0 Å². The lowest BCUT2D eigenvalue weighted by Gasteiger charge is -2.11. The van der Waals surface area contributed by atoms with Crippen molar-refractivity contribution in [1.29, 1.82) is 0 Å². The van der Waals surface area contributed by atoms with Crippen molar-refractivity contribution in [2.24, 2.45) is 0 Å². The Kier molecular flexibility index (Phi) is 5.41. The zero-order chi connectivity index (χ0) is 25.5. The number of hydrogen-bond donors (Lipinski definition) is 0. The van der Waals surface area contributed by atoms with Crippen LogP contribution in [-0.4, -0.2) is 0 Å². The average Bonchev–Trinajstić information content (AvgIpc) is 3.36. The zero-order valence-electron chi connectivity index (χ0n) is 21.2. The van der Waals surface area contributed by atoms with E-state index < -0.39 is 0 Å². The standard InChI is InChI=1S/C37H26O/c1-25-10-5-6-15-32(25)34-23-31(24-35-33-16-7-8-17-36(33)38-37(34)35)30-14-9-13-29(22-30)28-20-18-27(19-21-28)26-11-3-2-4-12-26/h2-24H,1H3. The minimum Gasteiger partial charge on any atom is -0.455 e. The van der Waals surface area contributed by atoms with E-state index in [1.54, 1.807) is 0 Å². The van der Waals surface area contributed by atoms with Crippen molar-refractivity contribution in [2.75, 3.05) is 0 Å². The van der Waals surface area contributed by atoms with E-state index in [2.05, 4.69) is 140 Å². The van der Waals surface area contributed by atoms with E-state index in [-0.39, 0.29) is 0 Å². The molecular weight excluding hydrogens is 460 g/mol. The second-order valence-corrected chi connectivity index (χ2v) is 9.84. The van der Waals surface area contributed by atoms with Crippen molar-refractivity contribution in [1.82, 2.24) is 0 Å². The molecule has 1 heterocycles. The third-order valence-corrected chi connectivity index (χ3v) is 7.43. The molecule has 0 saturated carbocycles. The molecule has 0 unspecified atom stereocenters. The van der Waals surface area contributed by atoms with Crippen LogP contribution < -0.4 is 0 Å². The molecule has 0 N–H and O–H groups in total. The summed E-state index contributed by atoms with van der Waals surface area (Å²) in [5.74, 6) is 0. The largest absolute Gasteiger partial charge is 0.455 e. The number of aryl methyl sites for hydroxylation is 1. The highest BCUT2D eigenvalue weighted by Crippen LogP contribution is 2.41. The van der Waals surface area contributed by atoms with Crippen LogP contribution in [0.4, 0.5) is 0 Å². The lowest BCUT2D eigenvalue weighted by molar-refractivity contribution is 0.670. The first kappa shape index (κ1) is 22.3. The van der Waals surface area contributed by atoms with E-state index in [1.165, 1.54) is 44.5 Å². The predicted molar refractivity (Wildman–Crippen MR) is 160 cm³/mol. The molecule has 0 aliphatic carbocycles. The highest BCUT2D eigenvalue weighted by atomic mass is 16.3. The molecule has 0 radical (unpaired) electrons. The van der Waals surface area contributed by atoms with Crippen LogP contribution in [0.2, 0.25) is 0 Å². The number of hydrogen-bond acceptors (Lipinski definition) is 1. The van der Waals surface area contributed by atoms with Gasteiger partial charge in [0.2, 0.25) is 0 Å². The number of benzene rings is 6. The Morgan fingerprint density at radius 1 is 0.395 bits per heavy atom. The first-order valence-electron chi connectivity index (χ1n) is 13.0. The lowest BCUT2D eigenvalue weighted by atomic mass is 9.92. The van der Waals surface area contributed by atoms with Gasteiger partial charge in [-0.25, -0.2) is 0 Å². The summed E-state index contributed by atoms with van der Waals surface area (Å²) in [5, 5.41) is 2.29. The van der Waals surface area contributed by atoms with Gasteiger partial charge in [-0.05, 0) is 75.7 Å². The normalized spacial score (nSPS) is 11.3. The van der Waals surface area contributed by atoms with Crippen LogP contribution in [0.5, 0.6) is 0 Å². The molecular formula is C37H26O. The van der Waals surface area contributed by atoms with Crippen molar-refractivity contribution < 1.29 is 4.42 Å². The monoisotopic (exact) mass is 486 g/mol. The molecule has 1 heteroatoms. The van der Waals surface area contributed by atoms with E-state index in [9.17, 15) is 0 Å². The summed E-state index contributed by atoms with van der Waals surface area (Å²) in [6, 6.07) is 49.6. The summed E-state index contributed by atoms with van der Waals surface area (Å²) >= 11 is 0. The minimum absolute atomic E-state index is 0.918. The van der Waals surface area contributed by atoms with Crippen molar-refractivity contribution in [3.63, 3.8) is 0 Å². The molecule has 1 nitrogen and oxygen atoms in total. The first-order chi connectivity index (χ1) is 18.7. The number of furan rings is 1. The molecule has 0 amide bonds. The van der Waals surface area contributed by atoms with Crippen LogP contribution in [0.15, 0.2) is 144 Å². The number of fused-ring (bicyclic) bond motifs is 3. The fraction of sp³-hybridized carbons (Fsp3) is 0.0270. The van der Waals surface area contributed by atoms with Gasteiger partial charge in [-0.1, -0.05) is 115 Å². The minimum atomic E-state index is 0.918. The molecule has 0 atom stereocenters. The number of rotatable bonds is 4. The van der Waals surface area contributed by atoms with Crippen LogP contribution in [0, 0.1) is 6.92 Å². The third kappa shape index (κ3) is 3.90. The van der Waals surface area contributed by atoms with E-state index in [1.807, 2.05) is 6.07 Å². The molecule has 0 aliphatic rings. The van der Waals surface area contributed by atoms with Crippen LogP contribution in [-0.2, 0) is 0 Å². The Morgan fingerprint density at radius 2 is 1.00 bits per heavy atom. The van der Waals surface area contributed by atoms with Gasteiger partial charge in [0.15, 0.2) is 0 Å².